The van der Waals surface area contributed by atoms with Crippen molar-refractivity contribution in [3.8, 4) is 16.9 Å². The van der Waals surface area contributed by atoms with E-state index in [2.05, 4.69) is 5.32 Å². The number of aryl methyl sites for hydroxylation is 2. The first kappa shape index (κ1) is 20.5. The first-order valence-corrected chi connectivity index (χ1v) is 10.1. The average molecular weight is 419 g/mol. The maximum absolute atomic E-state index is 13.1. The first-order valence-electron chi connectivity index (χ1n) is 10.1. The number of fused-ring (bicyclic) bond motifs is 1. The fourth-order valence-corrected chi connectivity index (χ4v) is 3.59. The summed E-state index contributed by atoms with van der Waals surface area (Å²) in [6.45, 7) is 5.91. The zero-order chi connectivity index (χ0) is 22.3. The van der Waals surface area contributed by atoms with Gasteiger partial charge in [0.15, 0.2) is 0 Å². The van der Waals surface area contributed by atoms with Gasteiger partial charge in [-0.1, -0.05) is 30.3 Å². The van der Waals surface area contributed by atoms with Crippen molar-refractivity contribution >= 4 is 22.7 Å². The third kappa shape index (κ3) is 3.63. The highest BCUT2D eigenvalue weighted by molar-refractivity contribution is 5.99. The molecule has 0 saturated heterocycles. The summed E-state index contributed by atoms with van der Waals surface area (Å²) >= 11 is 0. The number of nitrogens with one attached hydrogen (secondary N) is 1. The molecule has 0 fully saturated rings. The van der Waals surface area contributed by atoms with Gasteiger partial charge in [0.1, 0.15) is 11.1 Å². The van der Waals surface area contributed by atoms with E-state index < -0.39 is 11.2 Å². The lowest BCUT2D eigenvalue weighted by atomic mass is 10.0. The maximum Gasteiger partial charge on any atom is 0.333 e. The van der Waals surface area contributed by atoms with E-state index in [9.17, 15) is 9.59 Å². The number of nitrogens with zero attached hydrogens (tertiary/aromatic N) is 2. The predicted molar refractivity (Wildman–Crippen MR) is 122 cm³/mol. The second-order valence-electron chi connectivity index (χ2n) is 7.82. The molecule has 160 valence electrons. The van der Waals surface area contributed by atoms with Gasteiger partial charge in [-0.25, -0.2) is 4.79 Å². The number of anilines is 2. The molecule has 7 nitrogen and oxygen atoms in total. The van der Waals surface area contributed by atoms with Gasteiger partial charge in [0, 0.05) is 19.8 Å². The van der Waals surface area contributed by atoms with E-state index in [0.717, 1.165) is 27.1 Å². The summed E-state index contributed by atoms with van der Waals surface area (Å²) in [4.78, 5) is 25.5. The molecular weight excluding hydrogens is 394 g/mol. The van der Waals surface area contributed by atoms with Crippen molar-refractivity contribution in [3.63, 3.8) is 0 Å². The Morgan fingerprint density at radius 1 is 0.968 bits per heavy atom. The van der Waals surface area contributed by atoms with Gasteiger partial charge < -0.3 is 14.5 Å². The van der Waals surface area contributed by atoms with Crippen LogP contribution < -0.4 is 21.3 Å². The molecule has 0 radical (unpaired) electrons. The van der Waals surface area contributed by atoms with E-state index in [4.69, 9.17) is 9.15 Å². The highest BCUT2D eigenvalue weighted by Crippen LogP contribution is 2.39. The lowest BCUT2D eigenvalue weighted by molar-refractivity contribution is 0.242. The van der Waals surface area contributed by atoms with Gasteiger partial charge >= 0.3 is 5.69 Å². The van der Waals surface area contributed by atoms with E-state index in [-0.39, 0.29) is 11.8 Å². The average Bonchev–Trinajstić information content (AvgIpc) is 3.12. The highest BCUT2D eigenvalue weighted by Gasteiger charge is 2.23. The number of aromatic nitrogens is 2. The number of hydrogen-bond donors (Lipinski definition) is 1. The molecule has 0 aliphatic carbocycles. The highest BCUT2D eigenvalue weighted by atomic mass is 16.5. The van der Waals surface area contributed by atoms with Crippen LogP contribution in [0.1, 0.15) is 19.4 Å². The molecule has 4 rings (SSSR count). The van der Waals surface area contributed by atoms with Crippen molar-refractivity contribution < 1.29 is 9.15 Å². The quantitative estimate of drug-likeness (QED) is 0.521. The van der Waals surface area contributed by atoms with E-state index in [1.165, 1.54) is 11.6 Å². The van der Waals surface area contributed by atoms with Crippen molar-refractivity contribution in [3.05, 3.63) is 74.9 Å². The molecule has 0 atom stereocenters. The number of hydrogen-bond acceptors (Lipinski definition) is 5. The van der Waals surface area contributed by atoms with E-state index in [0.29, 0.717) is 16.8 Å². The van der Waals surface area contributed by atoms with Crippen LogP contribution >= 0.6 is 0 Å². The Bertz CT molecular complexity index is 1380. The minimum Gasteiger partial charge on any atom is -0.491 e. The molecule has 2 aromatic carbocycles. The Kier molecular flexibility index (Phi) is 5.19. The number of benzene rings is 2. The number of furan rings is 1. The Labute approximate surface area is 179 Å². The summed E-state index contributed by atoms with van der Waals surface area (Å²) in [5.74, 6) is 1.14. The molecule has 0 unspecified atom stereocenters. The summed E-state index contributed by atoms with van der Waals surface area (Å²) in [7, 11) is 3.06. The topological polar surface area (TPSA) is 78.4 Å². The smallest absolute Gasteiger partial charge is 0.333 e. The normalized spacial score (nSPS) is 11.3. The summed E-state index contributed by atoms with van der Waals surface area (Å²) in [6.07, 6.45) is 0.0562. The molecule has 0 spiro atoms. The second kappa shape index (κ2) is 7.83. The Balaban J connectivity index is 1.98. The van der Waals surface area contributed by atoms with Crippen LogP contribution in [0.15, 0.2) is 62.5 Å². The van der Waals surface area contributed by atoms with Crippen LogP contribution in [-0.2, 0) is 14.1 Å². The third-order valence-corrected chi connectivity index (χ3v) is 5.19. The fraction of sp³-hybridized carbons (Fsp3) is 0.250. The molecule has 2 aromatic heterocycles. The van der Waals surface area contributed by atoms with Crippen molar-refractivity contribution in [2.75, 3.05) is 5.32 Å². The monoisotopic (exact) mass is 419 g/mol. The Morgan fingerprint density at radius 2 is 1.65 bits per heavy atom. The van der Waals surface area contributed by atoms with Crippen molar-refractivity contribution in [1.29, 1.82) is 0 Å². The lowest BCUT2D eigenvalue weighted by Crippen LogP contribution is -2.36. The molecule has 4 aromatic rings. The zero-order valence-corrected chi connectivity index (χ0v) is 18.2. The summed E-state index contributed by atoms with van der Waals surface area (Å²) in [5, 5.41) is 3.65. The minimum atomic E-state index is -0.444. The van der Waals surface area contributed by atoms with Crippen LogP contribution in [0, 0.1) is 6.92 Å². The Morgan fingerprint density at radius 3 is 2.29 bits per heavy atom. The van der Waals surface area contributed by atoms with Crippen LogP contribution in [0.5, 0.6) is 5.75 Å². The van der Waals surface area contributed by atoms with Gasteiger partial charge in [-0.3, -0.25) is 13.9 Å². The third-order valence-electron chi connectivity index (χ3n) is 5.19. The molecule has 0 bridgehead atoms. The standard InChI is InChI=1S/C24H25N3O4/c1-14(2)30-17-12-10-16(11-13-17)19-20-22(28)26(4)24(29)27(5)23(20)31-21(19)25-18-9-7-6-8-15(18)3/h6-14,25H,1-5H3. The summed E-state index contributed by atoms with van der Waals surface area (Å²) < 4.78 is 14.2. The zero-order valence-electron chi connectivity index (χ0n) is 18.2. The molecule has 0 amide bonds. The van der Waals surface area contributed by atoms with E-state index >= 15 is 0 Å². The molecular formula is C24H25N3O4. The van der Waals surface area contributed by atoms with Crippen LogP contribution in [0.2, 0.25) is 0 Å². The molecule has 1 N–H and O–H groups in total. The van der Waals surface area contributed by atoms with E-state index in [1.54, 1.807) is 7.05 Å². The number of para-hydroxylation sites is 1. The second-order valence-corrected chi connectivity index (χ2v) is 7.82. The molecule has 7 heteroatoms. The number of rotatable bonds is 5. The summed E-state index contributed by atoms with van der Waals surface area (Å²) in [5.41, 5.74) is 2.63. The Hall–Kier alpha value is -3.74. The van der Waals surface area contributed by atoms with Crippen molar-refractivity contribution in [2.45, 2.75) is 26.9 Å². The van der Waals surface area contributed by atoms with E-state index in [1.807, 2.05) is 69.3 Å². The molecule has 0 aliphatic rings. The lowest BCUT2D eigenvalue weighted by Gasteiger charge is -2.11. The van der Waals surface area contributed by atoms with Gasteiger partial charge in [-0.05, 0) is 50.1 Å². The van der Waals surface area contributed by atoms with Gasteiger partial charge in [-0.2, -0.15) is 0 Å². The van der Waals surface area contributed by atoms with Crippen LogP contribution in [-0.4, -0.2) is 15.2 Å². The maximum atomic E-state index is 13.1. The molecule has 0 saturated carbocycles. The van der Waals surface area contributed by atoms with Gasteiger partial charge in [0.2, 0.25) is 11.6 Å². The van der Waals surface area contributed by atoms with Gasteiger partial charge in [-0.15, -0.1) is 0 Å². The van der Waals surface area contributed by atoms with Crippen molar-refractivity contribution in [2.24, 2.45) is 14.1 Å². The van der Waals surface area contributed by atoms with Gasteiger partial charge in [0.25, 0.3) is 5.56 Å². The largest absolute Gasteiger partial charge is 0.491 e. The van der Waals surface area contributed by atoms with Crippen LogP contribution in [0.25, 0.3) is 22.2 Å². The molecule has 2 heterocycles. The number of ether oxygens (including phenoxy) is 1. The SMILES string of the molecule is Cc1ccccc1Nc1oc2c(c1-c1ccc(OC(C)C)cc1)c(=O)n(C)c(=O)n2C. The van der Waals surface area contributed by atoms with Gasteiger partial charge in [0.05, 0.1) is 11.7 Å². The molecule has 31 heavy (non-hydrogen) atoms. The van der Waals surface area contributed by atoms with Crippen molar-refractivity contribution in [1.82, 2.24) is 9.13 Å². The van der Waals surface area contributed by atoms with Crippen LogP contribution in [0.4, 0.5) is 11.6 Å². The molecule has 0 aliphatic heterocycles. The first-order chi connectivity index (χ1) is 14.8. The fourth-order valence-electron chi connectivity index (χ4n) is 3.59. The predicted octanol–water partition coefficient (Wildman–Crippen LogP) is 4.34. The van der Waals surface area contributed by atoms with Crippen LogP contribution in [0.3, 0.4) is 0 Å². The minimum absolute atomic E-state index is 0.0562. The summed E-state index contributed by atoms with van der Waals surface area (Å²) in [6, 6.07) is 15.3.